The summed E-state index contributed by atoms with van der Waals surface area (Å²) in [7, 11) is 0. The molecule has 2 heterocycles. The van der Waals surface area contributed by atoms with Crippen LogP contribution in [0, 0.1) is 0 Å². The van der Waals surface area contributed by atoms with Crippen LogP contribution in [0.3, 0.4) is 0 Å². The average molecular weight is 228 g/mol. The van der Waals surface area contributed by atoms with Crippen molar-refractivity contribution in [2.75, 3.05) is 46.0 Å². The van der Waals surface area contributed by atoms with Gasteiger partial charge in [-0.2, -0.15) is 0 Å². The molecule has 0 amide bonds. The summed E-state index contributed by atoms with van der Waals surface area (Å²) in [5, 5.41) is 3.49. The van der Waals surface area contributed by atoms with Crippen molar-refractivity contribution < 1.29 is 9.47 Å². The molecule has 16 heavy (non-hydrogen) atoms. The molecule has 0 spiro atoms. The SMILES string of the molecule is CC1COCCN1CCNCC1CCCO1. The Hall–Kier alpha value is -0.160. The van der Waals surface area contributed by atoms with Crippen molar-refractivity contribution in [3.8, 4) is 0 Å². The first-order valence-electron chi connectivity index (χ1n) is 6.50. The van der Waals surface area contributed by atoms with Gasteiger partial charge < -0.3 is 14.8 Å². The van der Waals surface area contributed by atoms with E-state index in [9.17, 15) is 0 Å². The van der Waals surface area contributed by atoms with Crippen molar-refractivity contribution in [1.82, 2.24) is 10.2 Å². The van der Waals surface area contributed by atoms with Crippen molar-refractivity contribution in [2.24, 2.45) is 0 Å². The van der Waals surface area contributed by atoms with Gasteiger partial charge in [0.15, 0.2) is 0 Å². The summed E-state index contributed by atoms with van der Waals surface area (Å²) in [6.45, 7) is 9.22. The highest BCUT2D eigenvalue weighted by atomic mass is 16.5. The van der Waals surface area contributed by atoms with Crippen LogP contribution in [0.25, 0.3) is 0 Å². The van der Waals surface area contributed by atoms with Gasteiger partial charge in [-0.25, -0.2) is 0 Å². The minimum atomic E-state index is 0.460. The summed E-state index contributed by atoms with van der Waals surface area (Å²) in [6, 6.07) is 0.568. The zero-order chi connectivity index (χ0) is 11.2. The molecule has 0 aromatic carbocycles. The summed E-state index contributed by atoms with van der Waals surface area (Å²) in [5.41, 5.74) is 0. The monoisotopic (exact) mass is 228 g/mol. The largest absolute Gasteiger partial charge is 0.379 e. The normalized spacial score (nSPS) is 32.1. The maximum atomic E-state index is 5.57. The second-order valence-corrected chi connectivity index (χ2v) is 4.80. The summed E-state index contributed by atoms with van der Waals surface area (Å²) >= 11 is 0. The molecule has 2 atom stereocenters. The Bertz CT molecular complexity index is 195. The molecule has 4 heteroatoms. The molecule has 0 aliphatic carbocycles. The number of hydrogen-bond acceptors (Lipinski definition) is 4. The van der Waals surface area contributed by atoms with E-state index < -0.39 is 0 Å². The fraction of sp³-hybridized carbons (Fsp3) is 1.00. The molecule has 94 valence electrons. The summed E-state index contributed by atoms with van der Waals surface area (Å²) < 4.78 is 11.0. The molecule has 2 aliphatic rings. The van der Waals surface area contributed by atoms with E-state index in [1.54, 1.807) is 0 Å². The van der Waals surface area contributed by atoms with Crippen molar-refractivity contribution in [3.63, 3.8) is 0 Å². The lowest BCUT2D eigenvalue weighted by Crippen LogP contribution is -2.46. The third-order valence-electron chi connectivity index (χ3n) is 3.48. The van der Waals surface area contributed by atoms with Crippen LogP contribution < -0.4 is 5.32 Å². The molecule has 0 bridgehead atoms. The molecule has 0 aromatic rings. The number of morpholine rings is 1. The minimum Gasteiger partial charge on any atom is -0.379 e. The highest BCUT2D eigenvalue weighted by Gasteiger charge is 2.18. The third-order valence-corrected chi connectivity index (χ3v) is 3.48. The van der Waals surface area contributed by atoms with Crippen LogP contribution in [-0.4, -0.2) is 63.0 Å². The van der Waals surface area contributed by atoms with Gasteiger partial charge in [0.2, 0.25) is 0 Å². The lowest BCUT2D eigenvalue weighted by Gasteiger charge is -2.33. The van der Waals surface area contributed by atoms with Gasteiger partial charge in [0, 0.05) is 38.8 Å². The Morgan fingerprint density at radius 2 is 2.31 bits per heavy atom. The van der Waals surface area contributed by atoms with E-state index in [0.717, 1.165) is 46.0 Å². The van der Waals surface area contributed by atoms with Crippen LogP contribution in [0.5, 0.6) is 0 Å². The Kier molecular flexibility index (Phi) is 5.03. The van der Waals surface area contributed by atoms with Crippen molar-refractivity contribution in [3.05, 3.63) is 0 Å². The molecule has 0 radical (unpaired) electrons. The molecule has 1 N–H and O–H groups in total. The fourth-order valence-electron chi connectivity index (χ4n) is 2.38. The van der Waals surface area contributed by atoms with E-state index in [4.69, 9.17) is 9.47 Å². The molecule has 4 nitrogen and oxygen atoms in total. The van der Waals surface area contributed by atoms with Crippen LogP contribution in [0.15, 0.2) is 0 Å². The molecular formula is C12H24N2O2. The average Bonchev–Trinajstić information content (AvgIpc) is 2.79. The van der Waals surface area contributed by atoms with Gasteiger partial charge in [-0.3, -0.25) is 4.90 Å². The zero-order valence-corrected chi connectivity index (χ0v) is 10.3. The quantitative estimate of drug-likeness (QED) is 0.694. The van der Waals surface area contributed by atoms with E-state index in [-0.39, 0.29) is 0 Å². The topological polar surface area (TPSA) is 33.7 Å². The fourth-order valence-corrected chi connectivity index (χ4v) is 2.38. The number of hydrogen-bond donors (Lipinski definition) is 1. The predicted molar refractivity (Wildman–Crippen MR) is 63.7 cm³/mol. The standard InChI is InChI=1S/C12H24N2O2/c1-11-10-15-8-6-14(11)5-4-13-9-12-3-2-7-16-12/h11-13H,2-10H2,1H3. The first-order chi connectivity index (χ1) is 7.86. The van der Waals surface area contributed by atoms with Crippen molar-refractivity contribution in [1.29, 1.82) is 0 Å². The molecule has 2 saturated heterocycles. The second kappa shape index (κ2) is 6.55. The van der Waals surface area contributed by atoms with E-state index in [0.29, 0.717) is 12.1 Å². The van der Waals surface area contributed by atoms with Crippen LogP contribution in [0.4, 0.5) is 0 Å². The number of rotatable bonds is 5. The van der Waals surface area contributed by atoms with Gasteiger partial charge in [0.05, 0.1) is 19.3 Å². The summed E-state index contributed by atoms with van der Waals surface area (Å²) in [6.07, 6.45) is 2.91. The summed E-state index contributed by atoms with van der Waals surface area (Å²) in [5.74, 6) is 0. The van der Waals surface area contributed by atoms with E-state index >= 15 is 0 Å². The van der Waals surface area contributed by atoms with Crippen LogP contribution in [-0.2, 0) is 9.47 Å². The van der Waals surface area contributed by atoms with Gasteiger partial charge in [-0.1, -0.05) is 0 Å². The van der Waals surface area contributed by atoms with Gasteiger partial charge in [0.1, 0.15) is 0 Å². The van der Waals surface area contributed by atoms with Crippen molar-refractivity contribution >= 4 is 0 Å². The molecule has 2 fully saturated rings. The number of nitrogens with zero attached hydrogens (tertiary/aromatic N) is 1. The van der Waals surface area contributed by atoms with Crippen LogP contribution in [0.1, 0.15) is 19.8 Å². The highest BCUT2D eigenvalue weighted by molar-refractivity contribution is 4.73. The second-order valence-electron chi connectivity index (χ2n) is 4.80. The zero-order valence-electron chi connectivity index (χ0n) is 10.3. The smallest absolute Gasteiger partial charge is 0.0700 e. The maximum absolute atomic E-state index is 5.57. The van der Waals surface area contributed by atoms with E-state index in [2.05, 4.69) is 17.1 Å². The Morgan fingerprint density at radius 1 is 1.38 bits per heavy atom. The van der Waals surface area contributed by atoms with Gasteiger partial charge in [-0.05, 0) is 19.8 Å². The van der Waals surface area contributed by atoms with Crippen LogP contribution >= 0.6 is 0 Å². The Balaban J connectivity index is 1.53. The number of ether oxygens (including phenoxy) is 2. The molecular weight excluding hydrogens is 204 g/mol. The highest BCUT2D eigenvalue weighted by Crippen LogP contribution is 2.10. The molecule has 0 aromatic heterocycles. The third kappa shape index (κ3) is 3.70. The number of nitrogens with one attached hydrogen (secondary N) is 1. The summed E-state index contributed by atoms with van der Waals surface area (Å²) in [4.78, 5) is 2.49. The van der Waals surface area contributed by atoms with Crippen molar-refractivity contribution in [2.45, 2.75) is 31.9 Å². The maximum Gasteiger partial charge on any atom is 0.0700 e. The molecule has 2 rings (SSSR count). The lowest BCUT2D eigenvalue weighted by molar-refractivity contribution is 0.0000446. The lowest BCUT2D eigenvalue weighted by atomic mass is 10.2. The van der Waals surface area contributed by atoms with Gasteiger partial charge in [-0.15, -0.1) is 0 Å². The first-order valence-corrected chi connectivity index (χ1v) is 6.50. The Morgan fingerprint density at radius 3 is 3.06 bits per heavy atom. The van der Waals surface area contributed by atoms with E-state index in [1.165, 1.54) is 12.8 Å². The van der Waals surface area contributed by atoms with Gasteiger partial charge >= 0.3 is 0 Å². The minimum absolute atomic E-state index is 0.460. The molecule has 0 saturated carbocycles. The first kappa shape index (κ1) is 12.3. The Labute approximate surface area is 98.3 Å². The molecule has 2 unspecified atom stereocenters. The predicted octanol–water partition coefficient (Wildman–Crippen LogP) is 0.476. The van der Waals surface area contributed by atoms with Gasteiger partial charge in [0.25, 0.3) is 0 Å². The van der Waals surface area contributed by atoms with E-state index in [1.807, 2.05) is 0 Å². The molecule has 2 aliphatic heterocycles. The van der Waals surface area contributed by atoms with Crippen LogP contribution in [0.2, 0.25) is 0 Å².